The Kier molecular flexibility index (Phi) is 2.85. The fourth-order valence-electron chi connectivity index (χ4n) is 1.56. The second kappa shape index (κ2) is 4.33. The molecular weight excluding hydrogens is 236 g/mol. The summed E-state index contributed by atoms with van der Waals surface area (Å²) < 4.78 is 5.01. The van der Waals surface area contributed by atoms with Crippen LogP contribution in [0.2, 0.25) is 0 Å². The normalized spacial score (nSPS) is 10.3. The number of aromatic carboxylic acids is 1. The Morgan fingerprint density at radius 3 is 2.39 bits per heavy atom. The molecule has 2 aromatic rings. The summed E-state index contributed by atoms with van der Waals surface area (Å²) in [6.45, 7) is 1.56. The molecule has 0 atom stereocenters. The van der Waals surface area contributed by atoms with E-state index >= 15 is 0 Å². The van der Waals surface area contributed by atoms with E-state index in [1.165, 1.54) is 12.1 Å². The van der Waals surface area contributed by atoms with Crippen molar-refractivity contribution in [2.75, 3.05) is 0 Å². The van der Waals surface area contributed by atoms with Crippen molar-refractivity contribution in [3.63, 3.8) is 0 Å². The summed E-state index contributed by atoms with van der Waals surface area (Å²) in [7, 11) is 0. The molecule has 3 N–H and O–H groups in total. The second-order valence-electron chi connectivity index (χ2n) is 3.66. The molecule has 1 heterocycles. The van der Waals surface area contributed by atoms with Crippen LogP contribution in [0.4, 0.5) is 0 Å². The first-order chi connectivity index (χ1) is 8.49. The molecule has 0 unspecified atom stereocenters. The summed E-state index contributed by atoms with van der Waals surface area (Å²) in [5.74, 6) is -1.69. The highest BCUT2D eigenvalue weighted by atomic mass is 16.4. The van der Waals surface area contributed by atoms with Gasteiger partial charge in [-0.15, -0.1) is 0 Å². The first-order valence-corrected chi connectivity index (χ1v) is 5.10. The van der Waals surface area contributed by atoms with E-state index < -0.39 is 11.9 Å². The van der Waals surface area contributed by atoms with Gasteiger partial charge in [0.15, 0.2) is 5.89 Å². The van der Waals surface area contributed by atoms with Crippen molar-refractivity contribution in [3.8, 4) is 11.3 Å². The number of carbonyl (C=O) groups excluding carboxylic acids is 1. The Bertz CT molecular complexity index is 614. The first-order valence-electron chi connectivity index (χ1n) is 5.10. The van der Waals surface area contributed by atoms with E-state index in [4.69, 9.17) is 15.3 Å². The van der Waals surface area contributed by atoms with E-state index in [1.807, 2.05) is 0 Å². The Balaban J connectivity index is 2.48. The Labute approximate surface area is 102 Å². The highest BCUT2D eigenvalue weighted by molar-refractivity contribution is 5.94. The molecule has 0 radical (unpaired) electrons. The van der Waals surface area contributed by atoms with E-state index in [1.54, 1.807) is 19.1 Å². The number of carboxylic acid groups (broad SMARTS) is 1. The van der Waals surface area contributed by atoms with Gasteiger partial charge in [-0.25, -0.2) is 9.78 Å². The van der Waals surface area contributed by atoms with Crippen LogP contribution in [-0.2, 0) is 0 Å². The van der Waals surface area contributed by atoms with Gasteiger partial charge < -0.3 is 15.3 Å². The number of aryl methyl sites for hydroxylation is 1. The Morgan fingerprint density at radius 2 is 1.89 bits per heavy atom. The molecule has 0 aliphatic rings. The predicted molar refractivity (Wildman–Crippen MR) is 62.2 cm³/mol. The molecule has 0 fully saturated rings. The van der Waals surface area contributed by atoms with Crippen LogP contribution >= 0.6 is 0 Å². The van der Waals surface area contributed by atoms with Gasteiger partial charge in [0, 0.05) is 18.1 Å². The van der Waals surface area contributed by atoms with Gasteiger partial charge in [-0.1, -0.05) is 12.1 Å². The molecule has 0 aliphatic heterocycles. The lowest BCUT2D eigenvalue weighted by atomic mass is 10.1. The fraction of sp³-hybridized carbons (Fsp3) is 0.0833. The number of nitrogens with two attached hydrogens (primary N) is 1. The number of hydrogen-bond donors (Lipinski definition) is 2. The van der Waals surface area contributed by atoms with Crippen LogP contribution in [0.5, 0.6) is 0 Å². The Hall–Kier alpha value is -2.63. The fourth-order valence-corrected chi connectivity index (χ4v) is 1.56. The molecular formula is C12H10N2O4. The molecule has 2 rings (SSSR count). The molecule has 0 spiro atoms. The zero-order valence-electron chi connectivity index (χ0n) is 9.51. The summed E-state index contributed by atoms with van der Waals surface area (Å²) >= 11 is 0. The molecule has 6 nitrogen and oxygen atoms in total. The maximum atomic E-state index is 11.0. The maximum absolute atomic E-state index is 11.0. The number of primary amides is 1. The lowest BCUT2D eigenvalue weighted by molar-refractivity contribution is 0.0662. The highest BCUT2D eigenvalue weighted by Crippen LogP contribution is 2.24. The number of carboxylic acids is 1. The van der Waals surface area contributed by atoms with Gasteiger partial charge in [0.25, 0.3) is 0 Å². The number of hydrogen-bond acceptors (Lipinski definition) is 4. The second-order valence-corrected chi connectivity index (χ2v) is 3.66. The van der Waals surface area contributed by atoms with E-state index in [0.29, 0.717) is 11.1 Å². The van der Waals surface area contributed by atoms with Crippen molar-refractivity contribution in [1.29, 1.82) is 0 Å². The molecule has 0 saturated carbocycles. The van der Waals surface area contributed by atoms with Gasteiger partial charge in [0.2, 0.25) is 11.7 Å². The van der Waals surface area contributed by atoms with Crippen molar-refractivity contribution in [2.24, 2.45) is 5.73 Å². The molecule has 1 aromatic heterocycles. The van der Waals surface area contributed by atoms with Gasteiger partial charge in [-0.05, 0) is 12.1 Å². The summed E-state index contributed by atoms with van der Waals surface area (Å²) in [6, 6.07) is 6.16. The zero-order chi connectivity index (χ0) is 13.3. The van der Waals surface area contributed by atoms with Gasteiger partial charge in [-0.3, -0.25) is 4.79 Å². The Morgan fingerprint density at radius 1 is 1.28 bits per heavy atom. The number of rotatable bonds is 3. The van der Waals surface area contributed by atoms with Crippen LogP contribution in [0.25, 0.3) is 11.3 Å². The third kappa shape index (κ3) is 2.08. The van der Waals surface area contributed by atoms with Crippen LogP contribution in [-0.4, -0.2) is 22.0 Å². The molecule has 1 amide bonds. The number of oxazole rings is 1. The number of nitrogens with zero attached hydrogens (tertiary/aromatic N) is 1. The monoisotopic (exact) mass is 246 g/mol. The smallest absolute Gasteiger partial charge is 0.374 e. The van der Waals surface area contributed by atoms with Gasteiger partial charge in [-0.2, -0.15) is 0 Å². The van der Waals surface area contributed by atoms with Crippen LogP contribution in [0.3, 0.4) is 0 Å². The van der Waals surface area contributed by atoms with Crippen molar-refractivity contribution < 1.29 is 19.1 Å². The molecule has 0 aliphatic carbocycles. The average Bonchev–Trinajstić information content (AvgIpc) is 2.71. The molecule has 0 bridgehead atoms. The van der Waals surface area contributed by atoms with Gasteiger partial charge >= 0.3 is 5.97 Å². The SMILES string of the molecule is Cc1nc(-c2ccc(C(N)=O)cc2)c(C(=O)O)o1. The maximum Gasteiger partial charge on any atom is 0.374 e. The number of aromatic nitrogens is 1. The van der Waals surface area contributed by atoms with Crippen molar-refractivity contribution in [3.05, 3.63) is 41.5 Å². The lowest BCUT2D eigenvalue weighted by Gasteiger charge is -1.99. The number of carbonyl (C=O) groups is 2. The van der Waals surface area contributed by atoms with E-state index in [2.05, 4.69) is 4.98 Å². The van der Waals surface area contributed by atoms with Crippen molar-refractivity contribution in [1.82, 2.24) is 4.98 Å². The third-order valence-electron chi connectivity index (χ3n) is 2.37. The molecule has 18 heavy (non-hydrogen) atoms. The summed E-state index contributed by atoms with van der Waals surface area (Å²) in [4.78, 5) is 25.9. The van der Waals surface area contributed by atoms with Crippen LogP contribution in [0, 0.1) is 6.92 Å². The van der Waals surface area contributed by atoms with Crippen LogP contribution in [0.1, 0.15) is 26.8 Å². The topological polar surface area (TPSA) is 106 Å². The summed E-state index contributed by atoms with van der Waals surface area (Å²) in [5.41, 5.74) is 6.24. The predicted octanol–water partition coefficient (Wildman–Crippen LogP) is 1.45. The van der Waals surface area contributed by atoms with E-state index in [9.17, 15) is 9.59 Å². The van der Waals surface area contributed by atoms with E-state index in [-0.39, 0.29) is 17.3 Å². The lowest BCUT2D eigenvalue weighted by Crippen LogP contribution is -2.10. The van der Waals surface area contributed by atoms with Gasteiger partial charge in [0.1, 0.15) is 5.69 Å². The quantitative estimate of drug-likeness (QED) is 0.852. The largest absolute Gasteiger partial charge is 0.475 e. The number of amides is 1. The highest BCUT2D eigenvalue weighted by Gasteiger charge is 2.19. The molecule has 0 saturated heterocycles. The van der Waals surface area contributed by atoms with Crippen molar-refractivity contribution in [2.45, 2.75) is 6.92 Å². The summed E-state index contributed by atoms with van der Waals surface area (Å²) in [6.07, 6.45) is 0. The zero-order valence-corrected chi connectivity index (χ0v) is 9.51. The van der Waals surface area contributed by atoms with Gasteiger partial charge in [0.05, 0.1) is 0 Å². The standard InChI is InChI=1S/C12H10N2O4/c1-6-14-9(10(18-6)12(16)17)7-2-4-8(5-3-7)11(13)15/h2-5H,1H3,(H2,13,15)(H,16,17). The third-order valence-corrected chi connectivity index (χ3v) is 2.37. The minimum absolute atomic E-state index is 0.223. The minimum Gasteiger partial charge on any atom is -0.475 e. The first kappa shape index (κ1) is 11.8. The summed E-state index contributed by atoms with van der Waals surface area (Å²) in [5, 5.41) is 8.98. The molecule has 6 heteroatoms. The molecule has 92 valence electrons. The minimum atomic E-state index is -1.19. The van der Waals surface area contributed by atoms with Crippen LogP contribution < -0.4 is 5.73 Å². The van der Waals surface area contributed by atoms with Crippen molar-refractivity contribution >= 4 is 11.9 Å². The molecule has 1 aromatic carbocycles. The number of benzene rings is 1. The van der Waals surface area contributed by atoms with Crippen LogP contribution in [0.15, 0.2) is 28.7 Å². The average molecular weight is 246 g/mol. The van der Waals surface area contributed by atoms with E-state index in [0.717, 1.165) is 0 Å².